The molecular weight excluding hydrogens is 400 g/mol. The molecule has 3 aromatic rings. The number of halogens is 4. The maximum atomic E-state index is 13.7. The third-order valence-corrected chi connectivity index (χ3v) is 5.33. The number of nitrogens with zero attached hydrogens (tertiary/aromatic N) is 1. The summed E-state index contributed by atoms with van der Waals surface area (Å²) in [7, 11) is 0. The molecule has 4 nitrogen and oxygen atoms in total. The van der Waals surface area contributed by atoms with Gasteiger partial charge in [0, 0.05) is 24.7 Å². The molecule has 8 heteroatoms. The van der Waals surface area contributed by atoms with Crippen LogP contribution in [0, 0.1) is 5.82 Å². The number of aliphatic hydroxyl groups is 1. The van der Waals surface area contributed by atoms with Crippen LogP contribution in [-0.4, -0.2) is 41.1 Å². The minimum Gasteiger partial charge on any atom is -0.390 e. The molecule has 1 aliphatic heterocycles. The monoisotopic (exact) mass is 418 g/mol. The largest absolute Gasteiger partial charge is 0.419 e. The average Bonchev–Trinajstić information content (AvgIpc) is 3.04. The van der Waals surface area contributed by atoms with Crippen molar-refractivity contribution in [3.05, 3.63) is 71.5 Å². The first-order valence-electron chi connectivity index (χ1n) is 9.28. The molecule has 30 heavy (non-hydrogen) atoms. The molecule has 156 valence electrons. The Morgan fingerprint density at radius 1 is 1.07 bits per heavy atom. The van der Waals surface area contributed by atoms with Gasteiger partial charge < -0.3 is 15.7 Å². The summed E-state index contributed by atoms with van der Waals surface area (Å²) in [6.07, 6.45) is -5.58. The van der Waals surface area contributed by atoms with E-state index in [1.807, 2.05) is 0 Å². The van der Waals surface area contributed by atoms with Gasteiger partial charge >= 0.3 is 6.18 Å². The van der Waals surface area contributed by atoms with E-state index in [1.54, 1.807) is 36.4 Å². The Hall–Kier alpha value is -2.97. The lowest BCUT2D eigenvalue weighted by Crippen LogP contribution is -2.33. The van der Waals surface area contributed by atoms with Gasteiger partial charge in [-0.3, -0.25) is 4.79 Å². The Morgan fingerprint density at radius 3 is 2.50 bits per heavy atom. The van der Waals surface area contributed by atoms with Crippen LogP contribution in [-0.2, 0) is 6.18 Å². The quantitative estimate of drug-likeness (QED) is 0.622. The molecule has 0 aliphatic carbocycles. The number of rotatable bonds is 2. The van der Waals surface area contributed by atoms with Crippen molar-refractivity contribution >= 4 is 16.7 Å². The van der Waals surface area contributed by atoms with Crippen LogP contribution in [0.4, 0.5) is 17.6 Å². The van der Waals surface area contributed by atoms with Gasteiger partial charge in [-0.2, -0.15) is 13.2 Å². The van der Waals surface area contributed by atoms with Gasteiger partial charge in [-0.15, -0.1) is 0 Å². The highest BCUT2D eigenvalue weighted by molar-refractivity contribution is 6.02. The van der Waals surface area contributed by atoms with Crippen LogP contribution in [0.3, 0.4) is 0 Å². The Labute approximate surface area is 169 Å². The molecule has 3 N–H and O–H groups in total. The van der Waals surface area contributed by atoms with Crippen molar-refractivity contribution in [1.82, 2.24) is 4.90 Å². The van der Waals surface area contributed by atoms with Gasteiger partial charge in [0.1, 0.15) is 5.82 Å². The van der Waals surface area contributed by atoms with Gasteiger partial charge in [0.15, 0.2) is 0 Å². The highest BCUT2D eigenvalue weighted by atomic mass is 19.4. The maximum absolute atomic E-state index is 13.7. The lowest BCUT2D eigenvalue weighted by atomic mass is 9.95. The minimum atomic E-state index is -4.80. The van der Waals surface area contributed by atoms with E-state index in [4.69, 9.17) is 5.73 Å². The van der Waals surface area contributed by atoms with Gasteiger partial charge in [0.25, 0.3) is 5.91 Å². The van der Waals surface area contributed by atoms with Gasteiger partial charge in [-0.05, 0) is 46.2 Å². The molecule has 2 atom stereocenters. The zero-order valence-corrected chi connectivity index (χ0v) is 15.7. The number of likely N-dealkylation sites (tertiary alicyclic amines) is 1. The summed E-state index contributed by atoms with van der Waals surface area (Å²) < 4.78 is 52.9. The second-order valence-electron chi connectivity index (χ2n) is 7.38. The molecule has 1 fully saturated rings. The summed E-state index contributed by atoms with van der Waals surface area (Å²) in [4.78, 5) is 14.2. The zero-order valence-electron chi connectivity index (χ0n) is 15.7. The number of β-amino-alcohol motifs (C(OH)–C–C–N with tert-alkyl or cyclic N) is 1. The fraction of sp³-hybridized carbons (Fsp3) is 0.227. The van der Waals surface area contributed by atoms with E-state index in [9.17, 15) is 27.5 Å². The van der Waals surface area contributed by atoms with E-state index in [0.717, 1.165) is 12.1 Å². The van der Waals surface area contributed by atoms with Crippen molar-refractivity contribution in [2.24, 2.45) is 5.73 Å². The number of nitrogens with two attached hydrogens (primary N) is 1. The molecule has 1 saturated heterocycles. The van der Waals surface area contributed by atoms with Crippen LogP contribution in [0.2, 0.25) is 0 Å². The lowest BCUT2D eigenvalue weighted by molar-refractivity contribution is -0.139. The maximum Gasteiger partial charge on any atom is 0.419 e. The molecule has 1 heterocycles. The van der Waals surface area contributed by atoms with Gasteiger partial charge in [-0.1, -0.05) is 30.3 Å². The number of carbonyl (C=O) groups is 1. The summed E-state index contributed by atoms with van der Waals surface area (Å²) in [5, 5.41) is 11.1. The second kappa shape index (κ2) is 7.37. The van der Waals surface area contributed by atoms with E-state index in [1.165, 1.54) is 11.0 Å². The Morgan fingerprint density at radius 2 is 1.83 bits per heavy atom. The molecule has 3 aromatic carbocycles. The topological polar surface area (TPSA) is 66.6 Å². The fourth-order valence-corrected chi connectivity index (χ4v) is 3.74. The molecule has 0 radical (unpaired) electrons. The Bertz CT molecular complexity index is 1120. The van der Waals surface area contributed by atoms with E-state index in [-0.39, 0.29) is 24.6 Å². The number of amides is 1. The van der Waals surface area contributed by atoms with E-state index < -0.39 is 29.7 Å². The summed E-state index contributed by atoms with van der Waals surface area (Å²) >= 11 is 0. The van der Waals surface area contributed by atoms with Crippen LogP contribution in [0.5, 0.6) is 0 Å². The van der Waals surface area contributed by atoms with Crippen molar-refractivity contribution in [2.75, 3.05) is 13.1 Å². The van der Waals surface area contributed by atoms with Crippen molar-refractivity contribution < 1.29 is 27.5 Å². The molecular formula is C22H18F4N2O2. The van der Waals surface area contributed by atoms with Crippen LogP contribution in [0.15, 0.2) is 54.6 Å². The number of benzene rings is 3. The van der Waals surface area contributed by atoms with Crippen LogP contribution in [0.1, 0.15) is 15.9 Å². The summed E-state index contributed by atoms with van der Waals surface area (Å²) in [6, 6.07) is 12.3. The first kappa shape index (κ1) is 20.3. The van der Waals surface area contributed by atoms with E-state index in [0.29, 0.717) is 21.9 Å². The number of fused-ring (bicyclic) bond motifs is 1. The number of carbonyl (C=O) groups excluding carboxylic acids is 1. The molecule has 4 rings (SSSR count). The molecule has 0 unspecified atom stereocenters. The molecule has 0 saturated carbocycles. The molecule has 0 bridgehead atoms. The van der Waals surface area contributed by atoms with Crippen molar-refractivity contribution in [1.29, 1.82) is 0 Å². The third kappa shape index (κ3) is 3.64. The van der Waals surface area contributed by atoms with E-state index in [2.05, 4.69) is 0 Å². The number of hydrogen-bond acceptors (Lipinski definition) is 3. The number of hydrogen-bond donors (Lipinski definition) is 2. The normalized spacial score (nSPS) is 19.5. The lowest BCUT2D eigenvalue weighted by Gasteiger charge is -2.16. The fourth-order valence-electron chi connectivity index (χ4n) is 3.74. The van der Waals surface area contributed by atoms with E-state index >= 15 is 0 Å². The van der Waals surface area contributed by atoms with Gasteiger partial charge in [0.05, 0.1) is 11.7 Å². The van der Waals surface area contributed by atoms with Crippen molar-refractivity contribution in [2.45, 2.75) is 18.3 Å². The molecule has 0 aromatic heterocycles. The zero-order chi connectivity index (χ0) is 21.6. The minimum absolute atomic E-state index is 0.147. The van der Waals surface area contributed by atoms with Crippen LogP contribution < -0.4 is 5.73 Å². The highest BCUT2D eigenvalue weighted by Gasteiger charge is 2.34. The first-order valence-corrected chi connectivity index (χ1v) is 9.28. The van der Waals surface area contributed by atoms with Crippen molar-refractivity contribution in [3.8, 4) is 11.1 Å². The van der Waals surface area contributed by atoms with Gasteiger partial charge in [0.2, 0.25) is 0 Å². The standard InChI is InChI=1S/C22H18F4N2O2/c23-18-7-5-13(9-17(18)22(24,25)26)15-3-1-2-12-8-14(4-6-16(12)15)21(30)28-10-19(27)20(29)11-28/h1-9,19-20,29H,10-11,27H2/t19-,20-/m1/s1. The predicted octanol–water partition coefficient (Wildman–Crippen LogP) is 3.81. The second-order valence-corrected chi connectivity index (χ2v) is 7.38. The molecule has 1 amide bonds. The average molecular weight is 418 g/mol. The Balaban J connectivity index is 1.73. The summed E-state index contributed by atoms with van der Waals surface area (Å²) in [5.74, 6) is -1.61. The van der Waals surface area contributed by atoms with Crippen LogP contribution >= 0.6 is 0 Å². The molecule has 0 spiro atoms. The Kier molecular flexibility index (Phi) is 4.99. The number of aliphatic hydroxyl groups excluding tert-OH is 1. The third-order valence-electron chi connectivity index (χ3n) is 5.33. The summed E-state index contributed by atoms with van der Waals surface area (Å²) in [5.41, 5.74) is 5.54. The number of alkyl halides is 3. The first-order chi connectivity index (χ1) is 14.1. The molecule has 1 aliphatic rings. The van der Waals surface area contributed by atoms with Crippen LogP contribution in [0.25, 0.3) is 21.9 Å². The van der Waals surface area contributed by atoms with Gasteiger partial charge in [-0.25, -0.2) is 4.39 Å². The smallest absolute Gasteiger partial charge is 0.390 e. The highest BCUT2D eigenvalue weighted by Crippen LogP contribution is 2.36. The SMILES string of the molecule is N[C@@H]1CN(C(=O)c2ccc3c(-c4ccc(F)c(C(F)(F)F)c4)cccc3c2)C[C@H]1O. The summed E-state index contributed by atoms with van der Waals surface area (Å²) in [6.45, 7) is 0.391. The predicted molar refractivity (Wildman–Crippen MR) is 104 cm³/mol. The van der Waals surface area contributed by atoms with Crippen molar-refractivity contribution in [3.63, 3.8) is 0 Å².